The zero-order valence-electron chi connectivity index (χ0n) is 14.4. The third-order valence-corrected chi connectivity index (χ3v) is 4.59. The van der Waals surface area contributed by atoms with Crippen molar-refractivity contribution in [2.24, 2.45) is 0 Å². The number of fused-ring (bicyclic) bond motifs is 1. The Morgan fingerprint density at radius 3 is 2.80 bits per heavy atom. The van der Waals surface area contributed by atoms with Crippen LogP contribution < -0.4 is 0 Å². The van der Waals surface area contributed by atoms with Crippen LogP contribution in [0.3, 0.4) is 0 Å². The first kappa shape index (κ1) is 17.8. The number of aryl methyl sites for hydroxylation is 1. The van der Waals surface area contributed by atoms with E-state index < -0.39 is 0 Å². The van der Waals surface area contributed by atoms with Gasteiger partial charge in [-0.3, -0.25) is 9.69 Å². The Kier molecular flexibility index (Phi) is 5.67. The van der Waals surface area contributed by atoms with Crippen LogP contribution in [-0.2, 0) is 4.74 Å². The second-order valence-corrected chi connectivity index (χ2v) is 6.34. The number of aliphatic hydroxyl groups excluding tert-OH is 1. The van der Waals surface area contributed by atoms with E-state index in [9.17, 15) is 14.3 Å². The van der Waals surface area contributed by atoms with Gasteiger partial charge in [-0.15, -0.1) is 0 Å². The molecule has 1 saturated heterocycles. The maximum absolute atomic E-state index is 13.5. The zero-order valence-corrected chi connectivity index (χ0v) is 14.4. The van der Waals surface area contributed by atoms with Gasteiger partial charge in [0.1, 0.15) is 11.5 Å². The summed E-state index contributed by atoms with van der Waals surface area (Å²) >= 11 is 0. The maximum Gasteiger partial charge on any atom is 0.270 e. The Morgan fingerprint density at radius 2 is 2.08 bits per heavy atom. The second kappa shape index (κ2) is 7.95. The molecule has 3 rings (SSSR count). The molecule has 6 nitrogen and oxygen atoms in total. The summed E-state index contributed by atoms with van der Waals surface area (Å²) in [6.45, 7) is 6.39. The molecule has 0 unspecified atom stereocenters. The highest BCUT2D eigenvalue weighted by atomic mass is 19.1. The molecule has 2 N–H and O–H groups in total. The number of carbonyl (C=O) groups is 1. The van der Waals surface area contributed by atoms with Crippen LogP contribution in [0.15, 0.2) is 18.2 Å². The van der Waals surface area contributed by atoms with Crippen molar-refractivity contribution in [3.05, 3.63) is 35.3 Å². The van der Waals surface area contributed by atoms with Crippen molar-refractivity contribution in [3.63, 3.8) is 0 Å². The van der Waals surface area contributed by atoms with Gasteiger partial charge in [-0.25, -0.2) is 4.39 Å². The van der Waals surface area contributed by atoms with E-state index in [1.54, 1.807) is 11.0 Å². The molecular formula is C18H24FN3O3. The highest BCUT2D eigenvalue weighted by molar-refractivity contribution is 5.98. The summed E-state index contributed by atoms with van der Waals surface area (Å²) in [5.74, 6) is -0.510. The van der Waals surface area contributed by atoms with Crippen molar-refractivity contribution >= 4 is 16.8 Å². The van der Waals surface area contributed by atoms with Crippen LogP contribution in [0.2, 0.25) is 0 Å². The summed E-state index contributed by atoms with van der Waals surface area (Å²) in [7, 11) is 0. The minimum atomic E-state index is -0.328. The van der Waals surface area contributed by atoms with Crippen molar-refractivity contribution in [1.29, 1.82) is 0 Å². The first-order valence-electron chi connectivity index (χ1n) is 8.57. The van der Waals surface area contributed by atoms with Crippen molar-refractivity contribution < 1.29 is 19.0 Å². The molecule has 0 aliphatic carbocycles. The van der Waals surface area contributed by atoms with Gasteiger partial charge in [0.05, 0.1) is 19.8 Å². The molecule has 1 aromatic carbocycles. The van der Waals surface area contributed by atoms with Crippen molar-refractivity contribution in [2.75, 3.05) is 52.5 Å². The number of amides is 1. The SMILES string of the molecule is Cc1cc(F)cc2[nH]c(C(=O)N(CCO)CCN3CCOCC3)cc12. The summed E-state index contributed by atoms with van der Waals surface area (Å²) in [6, 6.07) is 4.60. The lowest BCUT2D eigenvalue weighted by Gasteiger charge is -2.29. The number of rotatable bonds is 6. The third-order valence-electron chi connectivity index (χ3n) is 4.59. The van der Waals surface area contributed by atoms with Gasteiger partial charge in [-0.2, -0.15) is 0 Å². The molecule has 2 aromatic rings. The molecule has 1 aliphatic rings. The predicted octanol–water partition coefficient (Wildman–Crippen LogP) is 1.38. The highest BCUT2D eigenvalue weighted by Crippen LogP contribution is 2.22. The molecule has 1 aliphatic heterocycles. The van der Waals surface area contributed by atoms with E-state index >= 15 is 0 Å². The minimum Gasteiger partial charge on any atom is -0.395 e. The number of nitrogens with zero attached hydrogens (tertiary/aromatic N) is 2. The number of ether oxygens (including phenoxy) is 1. The number of benzene rings is 1. The Bertz CT molecular complexity index is 740. The normalized spacial score (nSPS) is 15.6. The van der Waals surface area contributed by atoms with Gasteiger partial charge in [0.15, 0.2) is 0 Å². The first-order chi connectivity index (χ1) is 12.1. The lowest BCUT2D eigenvalue weighted by atomic mass is 10.1. The first-order valence-corrected chi connectivity index (χ1v) is 8.57. The van der Waals surface area contributed by atoms with E-state index in [2.05, 4.69) is 9.88 Å². The summed E-state index contributed by atoms with van der Waals surface area (Å²) in [4.78, 5) is 19.7. The van der Waals surface area contributed by atoms with E-state index in [-0.39, 0.29) is 24.9 Å². The number of morpholine rings is 1. The molecule has 0 spiro atoms. The molecule has 1 amide bonds. The number of nitrogens with one attached hydrogen (secondary N) is 1. The fourth-order valence-corrected chi connectivity index (χ4v) is 3.18. The van der Waals surface area contributed by atoms with E-state index in [4.69, 9.17) is 4.74 Å². The number of hydrogen-bond acceptors (Lipinski definition) is 4. The third kappa shape index (κ3) is 4.18. The van der Waals surface area contributed by atoms with Crippen LogP contribution in [0.25, 0.3) is 10.9 Å². The molecule has 1 fully saturated rings. The molecule has 0 radical (unpaired) electrons. The van der Waals surface area contributed by atoms with Crippen LogP contribution in [0.1, 0.15) is 16.1 Å². The molecule has 25 heavy (non-hydrogen) atoms. The fourth-order valence-electron chi connectivity index (χ4n) is 3.18. The van der Waals surface area contributed by atoms with Crippen LogP contribution in [-0.4, -0.2) is 78.3 Å². The largest absolute Gasteiger partial charge is 0.395 e. The Labute approximate surface area is 146 Å². The van der Waals surface area contributed by atoms with Crippen molar-refractivity contribution in [2.45, 2.75) is 6.92 Å². The van der Waals surface area contributed by atoms with Gasteiger partial charge in [-0.05, 0) is 30.7 Å². The number of aromatic amines is 1. The highest BCUT2D eigenvalue weighted by Gasteiger charge is 2.20. The lowest BCUT2D eigenvalue weighted by Crippen LogP contribution is -2.44. The fraction of sp³-hybridized carbons (Fsp3) is 0.500. The lowest BCUT2D eigenvalue weighted by molar-refractivity contribution is 0.0314. The van der Waals surface area contributed by atoms with E-state index in [1.165, 1.54) is 12.1 Å². The van der Waals surface area contributed by atoms with Crippen LogP contribution in [0.4, 0.5) is 4.39 Å². The maximum atomic E-state index is 13.5. The number of hydrogen-bond donors (Lipinski definition) is 2. The summed E-state index contributed by atoms with van der Waals surface area (Å²) in [5.41, 5.74) is 1.81. The Balaban J connectivity index is 1.74. The molecule has 2 heterocycles. The van der Waals surface area contributed by atoms with Crippen LogP contribution >= 0.6 is 0 Å². The number of aromatic nitrogens is 1. The minimum absolute atomic E-state index is 0.0945. The Morgan fingerprint density at radius 1 is 1.32 bits per heavy atom. The van der Waals surface area contributed by atoms with Gasteiger partial charge >= 0.3 is 0 Å². The molecule has 0 bridgehead atoms. The topological polar surface area (TPSA) is 68.8 Å². The smallest absolute Gasteiger partial charge is 0.270 e. The van der Waals surface area contributed by atoms with Gasteiger partial charge in [0.2, 0.25) is 0 Å². The average Bonchev–Trinajstić information content (AvgIpc) is 3.03. The summed E-state index contributed by atoms with van der Waals surface area (Å²) in [5, 5.41) is 10.1. The molecule has 7 heteroatoms. The summed E-state index contributed by atoms with van der Waals surface area (Å²) < 4.78 is 18.9. The monoisotopic (exact) mass is 349 g/mol. The quantitative estimate of drug-likeness (QED) is 0.827. The van der Waals surface area contributed by atoms with Crippen LogP contribution in [0, 0.1) is 12.7 Å². The molecule has 0 atom stereocenters. The van der Waals surface area contributed by atoms with Gasteiger partial charge in [-0.1, -0.05) is 0 Å². The number of H-pyrrole nitrogens is 1. The predicted molar refractivity (Wildman–Crippen MR) is 93.2 cm³/mol. The van der Waals surface area contributed by atoms with Crippen molar-refractivity contribution in [1.82, 2.24) is 14.8 Å². The van der Waals surface area contributed by atoms with E-state index in [0.29, 0.717) is 31.0 Å². The number of halogens is 1. The van der Waals surface area contributed by atoms with Crippen molar-refractivity contribution in [3.8, 4) is 0 Å². The van der Waals surface area contributed by atoms with Gasteiger partial charge < -0.3 is 19.7 Å². The average molecular weight is 349 g/mol. The second-order valence-electron chi connectivity index (χ2n) is 6.34. The van der Waals surface area contributed by atoms with Gasteiger partial charge in [0, 0.05) is 43.6 Å². The molecule has 0 saturated carbocycles. The molecule has 1 aromatic heterocycles. The zero-order chi connectivity index (χ0) is 17.8. The summed E-state index contributed by atoms with van der Waals surface area (Å²) in [6.07, 6.45) is 0. The van der Waals surface area contributed by atoms with E-state index in [1.807, 2.05) is 6.92 Å². The number of aliphatic hydroxyl groups is 1. The van der Waals surface area contributed by atoms with Gasteiger partial charge in [0.25, 0.3) is 5.91 Å². The Hall–Kier alpha value is -1.96. The molecule has 136 valence electrons. The number of carbonyl (C=O) groups excluding carboxylic acids is 1. The standard InChI is InChI=1S/C18H24FN3O3/c1-13-10-14(19)11-16-15(13)12-17(20-16)18(24)22(4-7-23)3-2-21-5-8-25-9-6-21/h10-12,20,23H,2-9H2,1H3. The van der Waals surface area contributed by atoms with E-state index in [0.717, 1.165) is 30.6 Å². The molecular weight excluding hydrogens is 325 g/mol. The van der Waals surface area contributed by atoms with Crippen LogP contribution in [0.5, 0.6) is 0 Å².